The van der Waals surface area contributed by atoms with Crippen LogP contribution in [0, 0.1) is 5.92 Å². The largest absolute Gasteiger partial charge is 0.351 e. The summed E-state index contributed by atoms with van der Waals surface area (Å²) < 4.78 is 0. The summed E-state index contributed by atoms with van der Waals surface area (Å²) in [6.45, 7) is 1.30. The van der Waals surface area contributed by atoms with E-state index < -0.39 is 0 Å². The zero-order valence-electron chi connectivity index (χ0n) is 13.6. The summed E-state index contributed by atoms with van der Waals surface area (Å²) >= 11 is 0. The summed E-state index contributed by atoms with van der Waals surface area (Å²) in [5.41, 5.74) is 1.26. The van der Waals surface area contributed by atoms with Gasteiger partial charge in [-0.3, -0.25) is 9.59 Å². The van der Waals surface area contributed by atoms with Gasteiger partial charge in [-0.2, -0.15) is 0 Å². The van der Waals surface area contributed by atoms with E-state index in [9.17, 15) is 9.59 Å². The van der Waals surface area contributed by atoms with Crippen molar-refractivity contribution in [2.45, 2.75) is 32.1 Å². The second kappa shape index (κ2) is 10.2. The molecule has 128 valence electrons. The van der Waals surface area contributed by atoms with Crippen LogP contribution in [0.4, 0.5) is 5.69 Å². The van der Waals surface area contributed by atoms with E-state index in [0.29, 0.717) is 17.8 Å². The topological polar surface area (TPSA) is 70.2 Å². The van der Waals surface area contributed by atoms with Crippen molar-refractivity contribution in [2.24, 2.45) is 5.92 Å². The highest BCUT2D eigenvalue weighted by Crippen LogP contribution is 2.25. The van der Waals surface area contributed by atoms with Gasteiger partial charge in [0.05, 0.1) is 0 Å². The van der Waals surface area contributed by atoms with Crippen molar-refractivity contribution in [1.82, 2.24) is 10.6 Å². The predicted octanol–water partition coefficient (Wildman–Crippen LogP) is 2.58. The predicted molar refractivity (Wildman–Crippen MR) is 95.2 cm³/mol. The lowest BCUT2D eigenvalue weighted by molar-refractivity contribution is -0.120. The minimum atomic E-state index is -0.121. The van der Waals surface area contributed by atoms with Gasteiger partial charge in [0.2, 0.25) is 5.91 Å². The van der Waals surface area contributed by atoms with Crippen molar-refractivity contribution >= 4 is 29.9 Å². The van der Waals surface area contributed by atoms with Gasteiger partial charge in [0.1, 0.15) is 0 Å². The Morgan fingerprint density at radius 3 is 2.57 bits per heavy atom. The molecule has 6 heteroatoms. The summed E-state index contributed by atoms with van der Waals surface area (Å²) in [6.07, 6.45) is 5.43. The fourth-order valence-corrected chi connectivity index (χ4v) is 2.75. The molecule has 0 spiro atoms. The molecule has 0 atom stereocenters. The van der Waals surface area contributed by atoms with E-state index in [0.717, 1.165) is 32.2 Å². The summed E-state index contributed by atoms with van der Waals surface area (Å²) in [6, 6.07) is 7.11. The summed E-state index contributed by atoms with van der Waals surface area (Å²) in [5, 5.41) is 8.75. The Hall–Kier alpha value is -1.59. The molecule has 1 aromatic carbocycles. The fraction of sp³-hybridized carbons (Fsp3) is 0.529. The second-order valence-corrected chi connectivity index (χ2v) is 5.76. The summed E-state index contributed by atoms with van der Waals surface area (Å²) in [5.74, 6) is 0.0679. The van der Waals surface area contributed by atoms with Gasteiger partial charge in [0.25, 0.3) is 5.91 Å². The first-order chi connectivity index (χ1) is 10.7. The van der Waals surface area contributed by atoms with Crippen LogP contribution in [0.15, 0.2) is 24.3 Å². The molecular formula is C17H26ClN3O2. The number of hydrogen-bond acceptors (Lipinski definition) is 3. The van der Waals surface area contributed by atoms with Crippen molar-refractivity contribution in [1.29, 1.82) is 0 Å². The van der Waals surface area contributed by atoms with Crippen molar-refractivity contribution < 1.29 is 9.59 Å². The Labute approximate surface area is 144 Å². The first-order valence-electron chi connectivity index (χ1n) is 8.04. The van der Waals surface area contributed by atoms with E-state index in [2.05, 4.69) is 16.0 Å². The molecule has 1 aliphatic rings. The number of hydrogen-bond donors (Lipinski definition) is 3. The average Bonchev–Trinajstić information content (AvgIpc) is 2.56. The molecule has 1 fully saturated rings. The van der Waals surface area contributed by atoms with E-state index in [1.54, 1.807) is 18.2 Å². The molecule has 1 aliphatic carbocycles. The van der Waals surface area contributed by atoms with Crippen LogP contribution < -0.4 is 16.0 Å². The molecule has 0 bridgehead atoms. The van der Waals surface area contributed by atoms with Crippen molar-refractivity contribution in [3.05, 3.63) is 29.8 Å². The number of benzene rings is 1. The van der Waals surface area contributed by atoms with Crippen LogP contribution in [0.3, 0.4) is 0 Å². The Kier molecular flexibility index (Phi) is 8.66. The highest BCUT2D eigenvalue weighted by atomic mass is 35.5. The third-order valence-corrected chi connectivity index (χ3v) is 4.03. The Balaban J connectivity index is 0.00000264. The van der Waals surface area contributed by atoms with Gasteiger partial charge in [-0.1, -0.05) is 25.3 Å². The third-order valence-electron chi connectivity index (χ3n) is 4.03. The maximum atomic E-state index is 12.2. The molecule has 2 amide bonds. The molecule has 0 aromatic heterocycles. The van der Waals surface area contributed by atoms with E-state index in [-0.39, 0.29) is 30.1 Å². The third kappa shape index (κ3) is 6.20. The van der Waals surface area contributed by atoms with Crippen molar-refractivity contribution in [3.8, 4) is 0 Å². The van der Waals surface area contributed by atoms with E-state index >= 15 is 0 Å². The fourth-order valence-electron chi connectivity index (χ4n) is 2.75. The number of likely N-dealkylation sites (N-methyl/N-ethyl adjacent to an activating group) is 1. The van der Waals surface area contributed by atoms with Crippen LogP contribution in [0.5, 0.6) is 0 Å². The molecule has 0 aliphatic heterocycles. The molecule has 23 heavy (non-hydrogen) atoms. The SMILES string of the molecule is CNCCNC(=O)c1cccc(NC(=O)C2CCCCC2)c1.Cl. The molecule has 0 heterocycles. The number of carbonyl (C=O) groups is 2. The molecule has 5 nitrogen and oxygen atoms in total. The number of rotatable bonds is 6. The molecular weight excluding hydrogens is 314 g/mol. The second-order valence-electron chi connectivity index (χ2n) is 5.76. The van der Waals surface area contributed by atoms with Gasteiger partial charge in [-0.25, -0.2) is 0 Å². The van der Waals surface area contributed by atoms with Gasteiger partial charge in [0, 0.05) is 30.3 Å². The van der Waals surface area contributed by atoms with Gasteiger partial charge in [0.15, 0.2) is 0 Å². The quantitative estimate of drug-likeness (QED) is 0.698. The molecule has 0 saturated heterocycles. The molecule has 1 aromatic rings. The number of amides is 2. The Morgan fingerprint density at radius 2 is 1.87 bits per heavy atom. The van der Waals surface area contributed by atoms with Crippen molar-refractivity contribution in [3.63, 3.8) is 0 Å². The zero-order chi connectivity index (χ0) is 15.8. The normalized spacial score (nSPS) is 14.7. The monoisotopic (exact) mass is 339 g/mol. The van der Waals surface area contributed by atoms with E-state index in [4.69, 9.17) is 0 Å². The minimum Gasteiger partial charge on any atom is -0.351 e. The maximum Gasteiger partial charge on any atom is 0.251 e. The van der Waals surface area contributed by atoms with Crippen LogP contribution in [0.1, 0.15) is 42.5 Å². The lowest BCUT2D eigenvalue weighted by atomic mass is 9.88. The number of anilines is 1. The van der Waals surface area contributed by atoms with Crippen LogP contribution in [0.2, 0.25) is 0 Å². The lowest BCUT2D eigenvalue weighted by Gasteiger charge is -2.20. The van der Waals surface area contributed by atoms with Crippen LogP contribution in [0.25, 0.3) is 0 Å². The van der Waals surface area contributed by atoms with Gasteiger partial charge < -0.3 is 16.0 Å². The number of halogens is 1. The first-order valence-corrected chi connectivity index (χ1v) is 8.04. The summed E-state index contributed by atoms with van der Waals surface area (Å²) in [7, 11) is 1.84. The van der Waals surface area contributed by atoms with Gasteiger partial charge in [-0.15, -0.1) is 12.4 Å². The number of carbonyl (C=O) groups excluding carboxylic acids is 2. The molecule has 1 saturated carbocycles. The molecule has 0 radical (unpaired) electrons. The smallest absolute Gasteiger partial charge is 0.251 e. The van der Waals surface area contributed by atoms with Crippen LogP contribution in [-0.4, -0.2) is 32.0 Å². The van der Waals surface area contributed by atoms with Crippen molar-refractivity contribution in [2.75, 3.05) is 25.5 Å². The van der Waals surface area contributed by atoms with E-state index in [1.807, 2.05) is 13.1 Å². The molecule has 3 N–H and O–H groups in total. The van der Waals surface area contributed by atoms with Gasteiger partial charge in [-0.05, 0) is 38.1 Å². The maximum absolute atomic E-state index is 12.2. The Bertz CT molecular complexity index is 516. The number of nitrogens with one attached hydrogen (secondary N) is 3. The van der Waals surface area contributed by atoms with Crippen LogP contribution >= 0.6 is 12.4 Å². The molecule has 2 rings (SSSR count). The minimum absolute atomic E-state index is 0. The first kappa shape index (κ1) is 19.5. The van der Waals surface area contributed by atoms with Gasteiger partial charge >= 0.3 is 0 Å². The van der Waals surface area contributed by atoms with E-state index in [1.165, 1.54) is 6.42 Å². The lowest BCUT2D eigenvalue weighted by Crippen LogP contribution is -2.30. The van der Waals surface area contributed by atoms with Crippen LogP contribution in [-0.2, 0) is 4.79 Å². The standard InChI is InChI=1S/C17H25N3O2.ClH/c1-18-10-11-19-16(21)14-8-5-9-15(12-14)20-17(22)13-6-3-2-4-7-13;/h5,8-9,12-13,18H,2-4,6-7,10-11H2,1H3,(H,19,21)(H,20,22);1H. The Morgan fingerprint density at radius 1 is 1.13 bits per heavy atom. The molecule has 0 unspecified atom stereocenters. The highest BCUT2D eigenvalue weighted by Gasteiger charge is 2.21. The highest BCUT2D eigenvalue weighted by molar-refractivity contribution is 5.97. The zero-order valence-corrected chi connectivity index (χ0v) is 14.4. The average molecular weight is 340 g/mol. The summed E-state index contributed by atoms with van der Waals surface area (Å²) in [4.78, 5) is 24.2.